The van der Waals surface area contributed by atoms with Crippen LogP contribution >= 0.6 is 11.8 Å². The van der Waals surface area contributed by atoms with E-state index in [-0.39, 0.29) is 43.7 Å². The van der Waals surface area contributed by atoms with Crippen LogP contribution in [-0.2, 0) is 34.8 Å². The van der Waals surface area contributed by atoms with E-state index in [9.17, 15) is 50.7 Å². The fourth-order valence-corrected chi connectivity index (χ4v) is 9.79. The van der Waals surface area contributed by atoms with Crippen LogP contribution in [0.2, 0.25) is 0 Å². The van der Waals surface area contributed by atoms with Gasteiger partial charge in [0.25, 0.3) is 11.8 Å². The van der Waals surface area contributed by atoms with Gasteiger partial charge in [-0.05, 0) is 74.8 Å². The first kappa shape index (κ1) is 43.1. The number of carbonyl (C=O) groups excluding carboxylic acids is 5. The Bertz CT molecular complexity index is 1890. The fraction of sp³-hybridized carbons (Fsp3) is 0.629. The predicted octanol–water partition coefficient (Wildman–Crippen LogP) is 1.69. The van der Waals surface area contributed by atoms with E-state index in [4.69, 9.17) is 5.73 Å². The molecule has 1 aromatic heterocycles. The number of nitrogens with zero attached hydrogens (tertiary/aromatic N) is 4. The number of hydrogen-bond acceptors (Lipinski definition) is 11. The van der Waals surface area contributed by atoms with Gasteiger partial charge in [0.15, 0.2) is 0 Å². The van der Waals surface area contributed by atoms with Crippen LogP contribution in [0.4, 0.5) is 13.2 Å². The molecule has 5 rings (SSSR count). The highest BCUT2D eigenvalue weighted by Gasteiger charge is 2.49. The van der Waals surface area contributed by atoms with Crippen molar-refractivity contribution in [3.63, 3.8) is 0 Å². The molecule has 2 aromatic rings. The first-order valence-electron chi connectivity index (χ1n) is 18.4. The summed E-state index contributed by atoms with van der Waals surface area (Å²) < 4.78 is 65.7. The molecule has 308 valence electrons. The summed E-state index contributed by atoms with van der Waals surface area (Å²) in [7, 11) is -4.55. The molecule has 3 aliphatic rings. The zero-order valence-corrected chi connectivity index (χ0v) is 32.6. The maximum atomic E-state index is 14.8. The number of aromatic nitrogens is 3. The predicted molar refractivity (Wildman–Crippen MR) is 196 cm³/mol. The molecule has 16 nitrogen and oxygen atoms in total. The number of nitrogens with one attached hydrogen (secondary N) is 3. The van der Waals surface area contributed by atoms with Crippen LogP contribution < -0.4 is 21.1 Å². The number of benzene rings is 1. The van der Waals surface area contributed by atoms with E-state index in [1.54, 1.807) is 11.8 Å². The normalized spacial score (nSPS) is 21.3. The quantitative estimate of drug-likeness (QED) is 0.172. The maximum Gasteiger partial charge on any atom is 0.402 e. The van der Waals surface area contributed by atoms with Crippen LogP contribution in [0.5, 0.6) is 0 Å². The van der Waals surface area contributed by atoms with Crippen molar-refractivity contribution in [2.24, 2.45) is 11.7 Å². The van der Waals surface area contributed by atoms with Crippen molar-refractivity contribution in [1.82, 2.24) is 35.2 Å². The second-order valence-electron chi connectivity index (χ2n) is 15.1. The van der Waals surface area contributed by atoms with Crippen molar-refractivity contribution in [3.8, 4) is 0 Å². The average Bonchev–Trinajstić information content (AvgIpc) is 3.83. The molecule has 6 N–H and O–H groups in total. The molecular formula is C35H47F3N8O8S2. The van der Waals surface area contributed by atoms with E-state index in [1.165, 1.54) is 34.3 Å². The lowest BCUT2D eigenvalue weighted by Crippen LogP contribution is -2.63. The molecule has 21 heteroatoms. The molecule has 1 unspecified atom stereocenters. The fourth-order valence-electron chi connectivity index (χ4n) is 7.58. The highest BCUT2D eigenvalue weighted by atomic mass is 32.2. The zero-order valence-electron chi connectivity index (χ0n) is 31.0. The molecule has 1 aliphatic carbocycles. The number of primary amides is 1. The number of halogens is 3. The molecule has 1 saturated carbocycles. The first-order chi connectivity index (χ1) is 26.2. The van der Waals surface area contributed by atoms with E-state index < -0.39 is 86.3 Å². The summed E-state index contributed by atoms with van der Waals surface area (Å²) in [4.78, 5) is 68.9. The number of thioether (sulfide) groups is 1. The molecule has 3 fully saturated rings. The smallest absolute Gasteiger partial charge is 0.384 e. The minimum Gasteiger partial charge on any atom is -0.384 e. The molecule has 0 spiro atoms. The van der Waals surface area contributed by atoms with Crippen LogP contribution in [0.15, 0.2) is 35.4 Å². The molecule has 0 radical (unpaired) electrons. The molecule has 56 heavy (non-hydrogen) atoms. The Balaban J connectivity index is 1.45. The van der Waals surface area contributed by atoms with E-state index in [0.717, 1.165) is 56.4 Å². The van der Waals surface area contributed by atoms with Gasteiger partial charge in [0, 0.05) is 18.5 Å². The van der Waals surface area contributed by atoms with Crippen LogP contribution in [0.3, 0.4) is 0 Å². The standard InChI is InChI=1S/C35H47F3N8O8S2/c1-33(2,52)27-18-40-44-46(27)23-17-26(31(50)43-34(28(47)29(39)48)12-14-55-15-13-34)45(19-23)32(51)25(16-21-6-4-3-5-7-21)42-30(49)22-8-10-24(11-9-22)56(53,54)41-20-35(36,37)38/h8-11,18,21,23,25-26,41,52H,3-7,12-17,19-20H2,1-2H3,(H2,39,48)(H,42,49)(H,43,50)/t23-,25?,26-/m0/s1. The molecule has 3 atom stereocenters. The van der Waals surface area contributed by atoms with Gasteiger partial charge < -0.3 is 26.4 Å². The van der Waals surface area contributed by atoms with Gasteiger partial charge in [-0.1, -0.05) is 37.3 Å². The Kier molecular flexibility index (Phi) is 13.2. The van der Waals surface area contributed by atoms with Crippen molar-refractivity contribution < 1.29 is 50.7 Å². The van der Waals surface area contributed by atoms with Crippen molar-refractivity contribution in [2.75, 3.05) is 24.6 Å². The summed E-state index contributed by atoms with van der Waals surface area (Å²) in [5.41, 5.74) is 2.67. The molecule has 1 aromatic carbocycles. The number of sulfonamides is 1. The monoisotopic (exact) mass is 828 g/mol. The van der Waals surface area contributed by atoms with Crippen LogP contribution in [-0.4, -0.2) is 111 Å². The summed E-state index contributed by atoms with van der Waals surface area (Å²) in [6, 6.07) is 1.08. The van der Waals surface area contributed by atoms with Gasteiger partial charge in [0.05, 0.1) is 22.8 Å². The van der Waals surface area contributed by atoms with Gasteiger partial charge in [-0.2, -0.15) is 24.9 Å². The van der Waals surface area contributed by atoms with Gasteiger partial charge >= 0.3 is 6.18 Å². The molecule has 4 amide bonds. The summed E-state index contributed by atoms with van der Waals surface area (Å²) in [5.74, 6) is -3.29. The molecular weight excluding hydrogens is 782 g/mol. The lowest BCUT2D eigenvalue weighted by molar-refractivity contribution is -0.145. The number of alkyl halides is 3. The minimum atomic E-state index is -4.79. The van der Waals surface area contributed by atoms with Gasteiger partial charge in [-0.15, -0.1) is 5.10 Å². The number of rotatable bonds is 14. The van der Waals surface area contributed by atoms with Crippen LogP contribution in [0.1, 0.15) is 93.7 Å². The Morgan fingerprint density at radius 3 is 2.29 bits per heavy atom. The van der Waals surface area contributed by atoms with Gasteiger partial charge in [-0.3, -0.25) is 24.0 Å². The molecule has 0 bridgehead atoms. The Morgan fingerprint density at radius 2 is 1.70 bits per heavy atom. The topological polar surface area (TPSA) is 236 Å². The number of aliphatic hydroxyl groups is 1. The highest BCUT2D eigenvalue weighted by Crippen LogP contribution is 2.35. The number of nitrogens with two attached hydrogens (primary N) is 1. The van der Waals surface area contributed by atoms with E-state index in [2.05, 4.69) is 20.9 Å². The van der Waals surface area contributed by atoms with Gasteiger partial charge in [0.2, 0.25) is 27.6 Å². The van der Waals surface area contributed by atoms with Crippen molar-refractivity contribution in [3.05, 3.63) is 41.7 Å². The number of likely N-dealkylation sites (tertiary alicyclic amines) is 1. The summed E-state index contributed by atoms with van der Waals surface area (Å²) in [6.07, 6.45) is 1.44. The molecule has 3 heterocycles. The number of hydrogen-bond donors (Lipinski definition) is 5. The zero-order chi connectivity index (χ0) is 41.1. The first-order valence-corrected chi connectivity index (χ1v) is 21.0. The minimum absolute atomic E-state index is 0.0258. The van der Waals surface area contributed by atoms with Crippen molar-refractivity contribution >= 4 is 51.2 Å². The number of ketones is 1. The highest BCUT2D eigenvalue weighted by molar-refractivity contribution is 7.99. The Morgan fingerprint density at radius 1 is 1.05 bits per heavy atom. The largest absolute Gasteiger partial charge is 0.402 e. The third kappa shape index (κ3) is 10.3. The van der Waals surface area contributed by atoms with E-state index in [0.29, 0.717) is 17.2 Å². The second-order valence-corrected chi connectivity index (χ2v) is 18.1. The maximum absolute atomic E-state index is 14.8. The number of Topliss-reactive ketones (excluding diaryl/α,β-unsaturated/α-hetero) is 1. The number of amides is 4. The Hall–Kier alpha value is -4.08. The lowest BCUT2D eigenvalue weighted by Gasteiger charge is -2.37. The Labute approximate surface area is 326 Å². The van der Waals surface area contributed by atoms with Gasteiger partial charge in [0.1, 0.15) is 29.8 Å². The average molecular weight is 829 g/mol. The van der Waals surface area contributed by atoms with Crippen molar-refractivity contribution in [1.29, 1.82) is 0 Å². The van der Waals surface area contributed by atoms with E-state index in [1.807, 2.05) is 0 Å². The van der Waals surface area contributed by atoms with Crippen molar-refractivity contribution in [2.45, 2.75) is 112 Å². The van der Waals surface area contributed by atoms with Crippen LogP contribution in [0, 0.1) is 5.92 Å². The van der Waals surface area contributed by atoms with Crippen LogP contribution in [0.25, 0.3) is 0 Å². The summed E-state index contributed by atoms with van der Waals surface area (Å²) in [6.45, 7) is 1.17. The van der Waals surface area contributed by atoms with E-state index >= 15 is 0 Å². The second kappa shape index (κ2) is 17.2. The third-order valence-corrected chi connectivity index (χ3v) is 13.0. The summed E-state index contributed by atoms with van der Waals surface area (Å²) in [5, 5.41) is 24.5. The summed E-state index contributed by atoms with van der Waals surface area (Å²) >= 11 is 1.55. The third-order valence-electron chi connectivity index (χ3n) is 10.6. The lowest BCUT2D eigenvalue weighted by atomic mass is 9.84. The SMILES string of the molecule is CC(C)(O)c1cnnn1[C@H]1C[C@@H](C(=O)NC2(C(=O)C(N)=O)CCSCC2)N(C(=O)C(CC2CCCCC2)NC(=O)c2ccc(S(=O)(=O)NCC(F)(F)F)cc2)C1. The molecule has 2 aliphatic heterocycles. The number of carbonyl (C=O) groups is 5. The van der Waals surface area contributed by atoms with Gasteiger partial charge in [-0.25, -0.2) is 17.8 Å². The molecule has 2 saturated heterocycles.